The van der Waals surface area contributed by atoms with Gasteiger partial charge in [0.2, 0.25) is 0 Å². The van der Waals surface area contributed by atoms with Crippen LogP contribution in [0.15, 0.2) is 35.6 Å². The fourth-order valence-electron chi connectivity index (χ4n) is 3.16. The van der Waals surface area contributed by atoms with Crippen LogP contribution in [0, 0.1) is 0 Å². The van der Waals surface area contributed by atoms with E-state index in [1.165, 1.54) is 6.08 Å². The second kappa shape index (κ2) is 6.97. The van der Waals surface area contributed by atoms with Crippen LogP contribution in [-0.4, -0.2) is 57.4 Å². The molecule has 1 fully saturated rings. The van der Waals surface area contributed by atoms with E-state index >= 15 is 0 Å². The van der Waals surface area contributed by atoms with Gasteiger partial charge in [-0.2, -0.15) is 0 Å². The van der Waals surface area contributed by atoms with E-state index in [2.05, 4.69) is 16.9 Å². The number of hydrogen-bond acceptors (Lipinski definition) is 6. The average Bonchev–Trinajstić information content (AvgIpc) is 2.61. The molecule has 25 heavy (non-hydrogen) atoms. The highest BCUT2D eigenvalue weighted by atomic mass is 16.5. The number of benzene rings is 1. The van der Waals surface area contributed by atoms with Crippen LogP contribution in [0.5, 0.6) is 0 Å². The molecule has 0 amide bonds. The van der Waals surface area contributed by atoms with E-state index in [1.54, 1.807) is 19.1 Å². The van der Waals surface area contributed by atoms with Gasteiger partial charge in [0.15, 0.2) is 0 Å². The molecule has 1 aromatic carbocycles. The molecule has 1 aliphatic heterocycles. The number of aromatic nitrogens is 1. The standard InChI is InChI=1S/C18H22N2O5/c1-3-10-6-11-4-5-12(7-13(11)20-18(10)24)19-15-9(2)25-14(8-21)16(22)17(15)23/h3-7,9,14-17,19,21-23H,1,8H2,2H3,(H,20,24). The molecule has 3 rings (SSSR count). The molecule has 5 N–H and O–H groups in total. The topological polar surface area (TPSA) is 115 Å². The van der Waals surface area contributed by atoms with E-state index in [0.717, 1.165) is 5.39 Å². The maximum Gasteiger partial charge on any atom is 0.255 e. The smallest absolute Gasteiger partial charge is 0.255 e. The fraction of sp³-hybridized carbons (Fsp3) is 0.389. The molecule has 1 saturated heterocycles. The normalized spacial score (nSPS) is 29.5. The van der Waals surface area contributed by atoms with Gasteiger partial charge in [-0.3, -0.25) is 4.79 Å². The first-order chi connectivity index (χ1) is 11.9. The summed E-state index contributed by atoms with van der Waals surface area (Å²) in [5.41, 5.74) is 1.59. The van der Waals surface area contributed by atoms with Crippen LogP contribution in [0.1, 0.15) is 12.5 Å². The van der Waals surface area contributed by atoms with E-state index in [-0.39, 0.29) is 12.2 Å². The van der Waals surface area contributed by atoms with Crippen molar-refractivity contribution in [1.82, 2.24) is 4.98 Å². The third-order valence-corrected chi connectivity index (χ3v) is 4.60. The van der Waals surface area contributed by atoms with Crippen molar-refractivity contribution < 1.29 is 20.1 Å². The van der Waals surface area contributed by atoms with Crippen LogP contribution in [0.4, 0.5) is 5.69 Å². The summed E-state index contributed by atoms with van der Waals surface area (Å²) in [4.78, 5) is 14.7. The van der Waals surface area contributed by atoms with Crippen molar-refractivity contribution in [1.29, 1.82) is 0 Å². The van der Waals surface area contributed by atoms with Gasteiger partial charge in [0.1, 0.15) is 18.3 Å². The molecule has 7 nitrogen and oxygen atoms in total. The molecule has 0 saturated carbocycles. The van der Waals surface area contributed by atoms with Crippen molar-refractivity contribution in [2.75, 3.05) is 11.9 Å². The molecular weight excluding hydrogens is 324 g/mol. The molecule has 0 radical (unpaired) electrons. The van der Waals surface area contributed by atoms with Gasteiger partial charge in [-0.15, -0.1) is 0 Å². The summed E-state index contributed by atoms with van der Waals surface area (Å²) in [6.45, 7) is 5.01. The third-order valence-electron chi connectivity index (χ3n) is 4.60. The highest BCUT2D eigenvalue weighted by Crippen LogP contribution is 2.25. The number of ether oxygens (including phenoxy) is 1. The molecule has 7 heteroatoms. The van der Waals surface area contributed by atoms with Crippen molar-refractivity contribution in [3.63, 3.8) is 0 Å². The highest BCUT2D eigenvalue weighted by Gasteiger charge is 2.42. The number of aliphatic hydroxyl groups is 3. The van der Waals surface area contributed by atoms with Crippen molar-refractivity contribution in [2.45, 2.75) is 37.4 Å². The van der Waals surface area contributed by atoms with Gasteiger partial charge in [-0.25, -0.2) is 0 Å². The minimum atomic E-state index is -1.19. The number of hydrogen-bond donors (Lipinski definition) is 5. The Kier molecular flexibility index (Phi) is 4.91. The summed E-state index contributed by atoms with van der Waals surface area (Å²) in [5.74, 6) is 0. The SMILES string of the molecule is C=Cc1cc2ccc(NC3C(C)OC(CO)C(O)C3O)cc2[nH]c1=O. The molecule has 0 bridgehead atoms. The number of anilines is 1. The predicted octanol–water partition coefficient (Wildman–Crippen LogP) is 0.453. The van der Waals surface area contributed by atoms with Crippen molar-refractivity contribution in [3.05, 3.63) is 46.8 Å². The molecule has 5 unspecified atom stereocenters. The van der Waals surface area contributed by atoms with E-state index in [4.69, 9.17) is 4.74 Å². The number of rotatable bonds is 4. The van der Waals surface area contributed by atoms with Crippen LogP contribution in [-0.2, 0) is 4.74 Å². The second-order valence-corrected chi connectivity index (χ2v) is 6.27. The van der Waals surface area contributed by atoms with Gasteiger partial charge in [0.05, 0.1) is 24.3 Å². The predicted molar refractivity (Wildman–Crippen MR) is 95.5 cm³/mol. The minimum absolute atomic E-state index is 0.227. The number of aromatic amines is 1. The molecule has 134 valence electrons. The first kappa shape index (κ1) is 17.6. The molecule has 1 aromatic heterocycles. The number of aliphatic hydroxyl groups excluding tert-OH is 3. The van der Waals surface area contributed by atoms with Gasteiger partial charge >= 0.3 is 0 Å². The van der Waals surface area contributed by atoms with Crippen LogP contribution in [0.2, 0.25) is 0 Å². The summed E-state index contributed by atoms with van der Waals surface area (Å²) < 4.78 is 5.55. The van der Waals surface area contributed by atoms with E-state index in [9.17, 15) is 20.1 Å². The van der Waals surface area contributed by atoms with Gasteiger partial charge in [-0.1, -0.05) is 18.7 Å². The largest absolute Gasteiger partial charge is 0.394 e. The summed E-state index contributed by atoms with van der Waals surface area (Å²) in [5, 5.41) is 33.6. The van der Waals surface area contributed by atoms with Crippen molar-refractivity contribution in [2.24, 2.45) is 0 Å². The summed E-state index contributed by atoms with van der Waals surface area (Å²) >= 11 is 0. The van der Waals surface area contributed by atoms with E-state index < -0.39 is 30.5 Å². The maximum atomic E-state index is 11.9. The Balaban J connectivity index is 1.87. The highest BCUT2D eigenvalue weighted by molar-refractivity contribution is 5.83. The Hall–Kier alpha value is -2.19. The van der Waals surface area contributed by atoms with Crippen molar-refractivity contribution in [3.8, 4) is 0 Å². The summed E-state index contributed by atoms with van der Waals surface area (Å²) in [6, 6.07) is 6.61. The molecule has 2 heterocycles. The minimum Gasteiger partial charge on any atom is -0.394 e. The quantitative estimate of drug-likeness (QED) is 0.549. The van der Waals surface area contributed by atoms with Gasteiger partial charge in [0.25, 0.3) is 5.56 Å². The Bertz CT molecular complexity index is 834. The Morgan fingerprint density at radius 2 is 2.08 bits per heavy atom. The molecule has 1 aliphatic rings. The van der Waals surface area contributed by atoms with E-state index in [1.807, 2.05) is 12.1 Å². The first-order valence-corrected chi connectivity index (χ1v) is 8.13. The second-order valence-electron chi connectivity index (χ2n) is 6.27. The third kappa shape index (κ3) is 3.32. The first-order valence-electron chi connectivity index (χ1n) is 8.13. The molecule has 0 aliphatic carbocycles. The molecule has 2 aromatic rings. The van der Waals surface area contributed by atoms with Crippen molar-refractivity contribution >= 4 is 22.7 Å². The van der Waals surface area contributed by atoms with Gasteiger partial charge < -0.3 is 30.4 Å². The number of nitrogens with one attached hydrogen (secondary N) is 2. The Morgan fingerprint density at radius 1 is 1.32 bits per heavy atom. The zero-order valence-electron chi connectivity index (χ0n) is 13.8. The van der Waals surface area contributed by atoms with Crippen LogP contribution < -0.4 is 10.9 Å². The Labute approximate surface area is 144 Å². The molecular formula is C18H22N2O5. The lowest BCUT2D eigenvalue weighted by molar-refractivity contribution is -0.180. The number of fused-ring (bicyclic) bond motifs is 1. The molecule has 0 spiro atoms. The van der Waals surface area contributed by atoms with E-state index in [0.29, 0.717) is 16.8 Å². The zero-order valence-corrected chi connectivity index (χ0v) is 13.8. The van der Waals surface area contributed by atoms with Crippen LogP contribution in [0.3, 0.4) is 0 Å². The molecule has 5 atom stereocenters. The lowest BCUT2D eigenvalue weighted by Gasteiger charge is -2.41. The number of pyridine rings is 1. The maximum absolute atomic E-state index is 11.9. The zero-order chi connectivity index (χ0) is 18.1. The van der Waals surface area contributed by atoms with Gasteiger partial charge in [-0.05, 0) is 30.5 Å². The fourth-order valence-corrected chi connectivity index (χ4v) is 3.16. The Morgan fingerprint density at radius 3 is 2.76 bits per heavy atom. The average molecular weight is 346 g/mol. The lowest BCUT2D eigenvalue weighted by atomic mass is 9.93. The van der Waals surface area contributed by atoms with Crippen LogP contribution >= 0.6 is 0 Å². The monoisotopic (exact) mass is 346 g/mol. The summed E-state index contributed by atoms with van der Waals surface area (Å²) in [6.07, 6.45) is -2.02. The lowest BCUT2D eigenvalue weighted by Crippen LogP contribution is -2.60. The van der Waals surface area contributed by atoms with Gasteiger partial charge in [0, 0.05) is 11.3 Å². The van der Waals surface area contributed by atoms with Crippen LogP contribution in [0.25, 0.3) is 17.0 Å². The summed E-state index contributed by atoms with van der Waals surface area (Å²) in [7, 11) is 0. The number of H-pyrrole nitrogens is 1.